The number of cyclic esters (lactones) is 1. The third kappa shape index (κ3) is 1.68. The van der Waals surface area contributed by atoms with Crippen LogP contribution in [0.2, 0.25) is 0 Å². The van der Waals surface area contributed by atoms with Crippen molar-refractivity contribution in [3.63, 3.8) is 0 Å². The van der Waals surface area contributed by atoms with Gasteiger partial charge in [-0.1, -0.05) is 0 Å². The van der Waals surface area contributed by atoms with Crippen molar-refractivity contribution in [3.8, 4) is 0 Å². The number of hydrogen-bond acceptors (Lipinski definition) is 5. The highest BCUT2D eigenvalue weighted by atomic mass is 16.7. The normalized spacial score (nSPS) is 30.5. The Balaban J connectivity index is 2.41. The lowest BCUT2D eigenvalue weighted by atomic mass is 10.1. The zero-order valence-electron chi connectivity index (χ0n) is 5.97. The molecule has 0 aromatic carbocycles. The van der Waals surface area contributed by atoms with Crippen LogP contribution in [0.3, 0.4) is 0 Å². The molecule has 0 bridgehead atoms. The molecule has 0 aliphatic carbocycles. The molecular formula is C6H10O5. The third-order valence-electron chi connectivity index (χ3n) is 1.57. The summed E-state index contributed by atoms with van der Waals surface area (Å²) in [5, 5.41) is 26.8. The molecule has 1 aliphatic heterocycles. The van der Waals surface area contributed by atoms with Gasteiger partial charge in [0.15, 0.2) is 0 Å². The summed E-state index contributed by atoms with van der Waals surface area (Å²) in [4.78, 5) is 10.3. The molecule has 11 heavy (non-hydrogen) atoms. The SMILES string of the molecule is C[C@@H](O)[C@@H](O)[C@H](O)[C@H]1OC1=O. The van der Waals surface area contributed by atoms with Crippen LogP contribution in [0.1, 0.15) is 6.92 Å². The predicted octanol–water partition coefficient (Wildman–Crippen LogP) is -1.99. The van der Waals surface area contributed by atoms with Crippen molar-refractivity contribution in [2.75, 3.05) is 0 Å². The Hall–Kier alpha value is -0.650. The molecule has 0 amide bonds. The van der Waals surface area contributed by atoms with E-state index in [0.29, 0.717) is 0 Å². The lowest BCUT2D eigenvalue weighted by molar-refractivity contribution is -0.117. The first-order valence-electron chi connectivity index (χ1n) is 3.28. The van der Waals surface area contributed by atoms with E-state index in [0.717, 1.165) is 0 Å². The maximum atomic E-state index is 10.3. The molecule has 0 spiro atoms. The summed E-state index contributed by atoms with van der Waals surface area (Å²) in [6, 6.07) is 0. The smallest absolute Gasteiger partial charge is 0.351 e. The molecule has 0 aromatic rings. The first-order chi connectivity index (χ1) is 5.04. The number of epoxide rings is 1. The number of carbonyl (C=O) groups excluding carboxylic acids is 1. The molecule has 0 radical (unpaired) electrons. The number of rotatable bonds is 3. The molecular weight excluding hydrogens is 152 g/mol. The molecule has 4 atom stereocenters. The highest BCUT2D eigenvalue weighted by Gasteiger charge is 2.48. The minimum absolute atomic E-state index is 0.544. The highest BCUT2D eigenvalue weighted by molar-refractivity contribution is 5.88. The van der Waals surface area contributed by atoms with Crippen LogP contribution < -0.4 is 0 Å². The Labute approximate surface area is 63.2 Å². The number of ether oxygens (including phenoxy) is 1. The Bertz CT molecular complexity index is 166. The monoisotopic (exact) mass is 162 g/mol. The second kappa shape index (κ2) is 2.77. The van der Waals surface area contributed by atoms with Crippen molar-refractivity contribution in [2.24, 2.45) is 0 Å². The summed E-state index contributed by atoms with van der Waals surface area (Å²) in [5.74, 6) is -0.544. The topological polar surface area (TPSA) is 90.3 Å². The molecule has 1 saturated heterocycles. The Morgan fingerprint density at radius 3 is 2.18 bits per heavy atom. The minimum Gasteiger partial charge on any atom is -0.445 e. The van der Waals surface area contributed by atoms with E-state index < -0.39 is 30.4 Å². The molecule has 1 rings (SSSR count). The fraction of sp³-hybridized carbons (Fsp3) is 0.833. The van der Waals surface area contributed by atoms with E-state index in [4.69, 9.17) is 15.3 Å². The van der Waals surface area contributed by atoms with Crippen molar-refractivity contribution < 1.29 is 24.9 Å². The number of hydrogen-bond donors (Lipinski definition) is 3. The summed E-state index contributed by atoms with van der Waals surface area (Å²) in [7, 11) is 0. The summed E-state index contributed by atoms with van der Waals surface area (Å²) in [6.07, 6.45) is -4.66. The van der Waals surface area contributed by atoms with Gasteiger partial charge in [0, 0.05) is 0 Å². The van der Waals surface area contributed by atoms with Crippen LogP contribution in [0.4, 0.5) is 0 Å². The molecule has 64 valence electrons. The fourth-order valence-electron chi connectivity index (χ4n) is 0.765. The van der Waals surface area contributed by atoms with Gasteiger partial charge >= 0.3 is 5.97 Å². The largest absolute Gasteiger partial charge is 0.445 e. The predicted molar refractivity (Wildman–Crippen MR) is 33.6 cm³/mol. The van der Waals surface area contributed by atoms with E-state index in [1.807, 2.05) is 0 Å². The van der Waals surface area contributed by atoms with E-state index in [1.54, 1.807) is 0 Å². The third-order valence-corrected chi connectivity index (χ3v) is 1.57. The lowest BCUT2D eigenvalue weighted by Crippen LogP contribution is -2.39. The molecule has 0 aromatic heterocycles. The zero-order valence-corrected chi connectivity index (χ0v) is 5.97. The first kappa shape index (κ1) is 8.45. The van der Waals surface area contributed by atoms with Gasteiger partial charge in [0.1, 0.15) is 12.2 Å². The molecule has 1 aliphatic rings. The average Bonchev–Trinajstić information content (AvgIpc) is 2.63. The molecule has 1 fully saturated rings. The van der Waals surface area contributed by atoms with Crippen LogP contribution in [-0.2, 0) is 9.53 Å². The number of carbonyl (C=O) groups is 1. The van der Waals surface area contributed by atoms with Crippen LogP contribution in [0.15, 0.2) is 0 Å². The maximum absolute atomic E-state index is 10.3. The number of aliphatic hydroxyl groups excluding tert-OH is 3. The summed E-state index contributed by atoms with van der Waals surface area (Å²) >= 11 is 0. The van der Waals surface area contributed by atoms with Crippen molar-refractivity contribution in [1.29, 1.82) is 0 Å². The minimum atomic E-state index is -1.33. The zero-order chi connectivity index (χ0) is 8.59. The van der Waals surface area contributed by atoms with Crippen LogP contribution in [0.5, 0.6) is 0 Å². The molecule has 0 unspecified atom stereocenters. The van der Waals surface area contributed by atoms with Gasteiger partial charge in [-0.2, -0.15) is 0 Å². The van der Waals surface area contributed by atoms with Gasteiger partial charge in [-0.25, -0.2) is 4.79 Å². The van der Waals surface area contributed by atoms with Crippen molar-refractivity contribution in [1.82, 2.24) is 0 Å². The van der Waals surface area contributed by atoms with Gasteiger partial charge in [0.25, 0.3) is 0 Å². The van der Waals surface area contributed by atoms with Crippen molar-refractivity contribution in [3.05, 3.63) is 0 Å². The second-order valence-corrected chi connectivity index (χ2v) is 2.58. The van der Waals surface area contributed by atoms with E-state index >= 15 is 0 Å². The standard InChI is InChI=1S/C6H10O5/c1-2(7)3(8)4(9)5-6(10)11-5/h2-5,7-9H,1H3/t2-,3-,4+,5-/m1/s1. The summed E-state index contributed by atoms with van der Waals surface area (Å²) in [5.41, 5.74) is 0. The van der Waals surface area contributed by atoms with E-state index in [9.17, 15) is 4.79 Å². The second-order valence-electron chi connectivity index (χ2n) is 2.58. The van der Waals surface area contributed by atoms with E-state index in [1.165, 1.54) is 6.92 Å². The van der Waals surface area contributed by atoms with Crippen molar-refractivity contribution >= 4 is 5.97 Å². The van der Waals surface area contributed by atoms with Crippen LogP contribution in [0, 0.1) is 0 Å². The highest BCUT2D eigenvalue weighted by Crippen LogP contribution is 2.20. The first-order valence-corrected chi connectivity index (χ1v) is 3.28. The van der Waals surface area contributed by atoms with Gasteiger partial charge < -0.3 is 20.1 Å². The molecule has 5 nitrogen and oxygen atoms in total. The summed E-state index contributed by atoms with van der Waals surface area (Å²) in [6.45, 7) is 1.32. The Morgan fingerprint density at radius 1 is 1.45 bits per heavy atom. The fourth-order valence-corrected chi connectivity index (χ4v) is 0.765. The molecule has 5 heteroatoms. The van der Waals surface area contributed by atoms with Gasteiger partial charge in [-0.15, -0.1) is 0 Å². The molecule has 3 N–H and O–H groups in total. The average molecular weight is 162 g/mol. The summed E-state index contributed by atoms with van der Waals surface area (Å²) < 4.78 is 4.29. The molecule has 1 heterocycles. The van der Waals surface area contributed by atoms with Crippen LogP contribution in [-0.4, -0.2) is 45.7 Å². The van der Waals surface area contributed by atoms with Crippen LogP contribution in [0.25, 0.3) is 0 Å². The Kier molecular flexibility index (Phi) is 2.12. The van der Waals surface area contributed by atoms with Gasteiger partial charge in [0.2, 0.25) is 6.10 Å². The Morgan fingerprint density at radius 2 is 1.91 bits per heavy atom. The number of aliphatic hydroxyl groups is 3. The van der Waals surface area contributed by atoms with Gasteiger partial charge in [-0.3, -0.25) is 0 Å². The maximum Gasteiger partial charge on any atom is 0.351 e. The lowest BCUT2D eigenvalue weighted by Gasteiger charge is -2.16. The molecule has 0 saturated carbocycles. The van der Waals surface area contributed by atoms with E-state index in [-0.39, 0.29) is 0 Å². The quantitative estimate of drug-likeness (QED) is 0.418. The van der Waals surface area contributed by atoms with E-state index in [2.05, 4.69) is 4.74 Å². The van der Waals surface area contributed by atoms with Gasteiger partial charge in [-0.05, 0) is 6.92 Å². The van der Waals surface area contributed by atoms with Gasteiger partial charge in [0.05, 0.1) is 6.10 Å². The van der Waals surface area contributed by atoms with Crippen LogP contribution >= 0.6 is 0 Å². The van der Waals surface area contributed by atoms with Crippen molar-refractivity contribution in [2.45, 2.75) is 31.3 Å².